The molecule has 0 nitrogen and oxygen atoms in total. The molecule has 4 fully saturated rings. The molecule has 5 aliphatic rings. The van der Waals surface area contributed by atoms with Crippen LogP contribution in [0.15, 0.2) is 30.3 Å². The molecule has 1 aromatic carbocycles. The molecular weight excluding hydrogens is 592 g/mol. The van der Waals surface area contributed by atoms with Crippen molar-refractivity contribution in [3.8, 4) is 0 Å². The monoisotopic (exact) mass is 654 g/mol. The van der Waals surface area contributed by atoms with E-state index in [-0.39, 0.29) is 55.9 Å². The molecule has 224 valence electrons. The minimum Gasteiger partial charge on any atom is -0.358 e. The van der Waals surface area contributed by atoms with Gasteiger partial charge in [0.1, 0.15) is 0 Å². The Hall–Kier alpha value is 0.277. The Bertz CT molecular complexity index is 913. The van der Waals surface area contributed by atoms with E-state index < -0.39 is 16.6 Å². The van der Waals surface area contributed by atoms with E-state index in [0.717, 1.165) is 47.3 Å². The van der Waals surface area contributed by atoms with Crippen LogP contribution in [-0.4, -0.2) is 16.6 Å². The summed E-state index contributed by atoms with van der Waals surface area (Å²) in [5.41, 5.74) is 5.57. The third-order valence-electron chi connectivity index (χ3n) is 12.6. The van der Waals surface area contributed by atoms with E-state index in [1.54, 1.807) is 44.1 Å². The molecule has 0 N–H and O–H groups in total. The Kier molecular flexibility index (Phi) is 15.7. The topological polar surface area (TPSA) is 0 Å². The Balaban J connectivity index is 0.00000160. The van der Waals surface area contributed by atoms with Crippen LogP contribution in [-0.2, 0) is 26.2 Å². The van der Waals surface area contributed by atoms with E-state index >= 15 is 0 Å². The maximum absolute atomic E-state index is 2.90. The van der Waals surface area contributed by atoms with Gasteiger partial charge in [-0.1, -0.05) is 120 Å². The predicted octanol–water partition coefficient (Wildman–Crippen LogP) is 10.8. The summed E-state index contributed by atoms with van der Waals surface area (Å²) in [6.45, 7) is 10.9. The molecule has 0 aromatic heterocycles. The van der Waals surface area contributed by atoms with Crippen LogP contribution in [0.5, 0.6) is 0 Å². The maximum atomic E-state index is 2.90. The van der Waals surface area contributed by atoms with Gasteiger partial charge in [-0.3, -0.25) is 0 Å². The number of unbranched alkanes of at least 4 members (excludes halogenated alkanes) is 1. The second-order valence-corrected chi connectivity index (χ2v) is 25.6. The molecule has 0 bridgehead atoms. The van der Waals surface area contributed by atoms with Crippen LogP contribution in [0.2, 0.25) is 24.2 Å². The van der Waals surface area contributed by atoms with Gasteiger partial charge in [0, 0.05) is 22.5 Å². The molecule has 0 amide bonds. The Morgan fingerprint density at radius 1 is 0.825 bits per heavy atom. The first-order chi connectivity index (χ1) is 17.1. The molecule has 3 heteroatoms. The maximum Gasteiger partial charge on any atom is 4.00 e. The van der Waals surface area contributed by atoms with Crippen LogP contribution in [0.1, 0.15) is 102 Å². The van der Waals surface area contributed by atoms with Crippen LogP contribution >= 0.6 is 0 Å². The van der Waals surface area contributed by atoms with Crippen molar-refractivity contribution >= 4 is 22.7 Å². The van der Waals surface area contributed by atoms with Crippen LogP contribution < -0.4 is 0 Å². The Labute approximate surface area is 274 Å². The summed E-state index contributed by atoms with van der Waals surface area (Å²) in [6, 6.07) is 9.40. The fraction of sp³-hybridized carbons (Fsp3) is 0.676. The SMILES string of the molecule is CCCCC1CCC([SiH](C)[SiH](C)C2C(C)CC3C2CC2CCCC2C3C2C=Cc3ccccc32)C1.[CH3-].[CH3-].[CH3-].[CH3-].[Zr+4]. The van der Waals surface area contributed by atoms with Crippen molar-refractivity contribution in [3.05, 3.63) is 71.2 Å². The quantitative estimate of drug-likeness (QED) is 0.203. The van der Waals surface area contributed by atoms with Crippen molar-refractivity contribution in [2.45, 2.75) is 115 Å². The molecule has 12 unspecified atom stereocenters. The zero-order valence-corrected chi connectivity index (χ0v) is 32.4. The Morgan fingerprint density at radius 3 is 2.33 bits per heavy atom. The van der Waals surface area contributed by atoms with Crippen molar-refractivity contribution in [1.29, 1.82) is 0 Å². The van der Waals surface area contributed by atoms with Crippen molar-refractivity contribution in [1.82, 2.24) is 0 Å². The molecule has 0 radical (unpaired) electrons. The summed E-state index contributed by atoms with van der Waals surface area (Å²) >= 11 is 0. The number of benzene rings is 1. The molecule has 1 aromatic rings. The average Bonchev–Trinajstić information content (AvgIpc) is 3.65. The van der Waals surface area contributed by atoms with Crippen LogP contribution in [0, 0.1) is 71.1 Å². The number of hydrogen-bond donors (Lipinski definition) is 0. The molecule has 0 heterocycles. The number of rotatable bonds is 7. The summed E-state index contributed by atoms with van der Waals surface area (Å²) in [5.74, 6) is 7.95. The predicted molar refractivity (Wildman–Crippen MR) is 184 cm³/mol. The molecule has 0 saturated heterocycles. The molecular formula is C37H64Si2Zr. The summed E-state index contributed by atoms with van der Waals surface area (Å²) in [4.78, 5) is 0. The molecule has 40 heavy (non-hydrogen) atoms. The summed E-state index contributed by atoms with van der Waals surface area (Å²) in [6.07, 6.45) is 22.2. The van der Waals surface area contributed by atoms with E-state index in [4.69, 9.17) is 0 Å². The smallest absolute Gasteiger partial charge is 0.358 e. The van der Waals surface area contributed by atoms with Crippen molar-refractivity contribution in [3.63, 3.8) is 0 Å². The normalized spacial score (nSPS) is 38.2. The Morgan fingerprint density at radius 2 is 1.57 bits per heavy atom. The van der Waals surface area contributed by atoms with Gasteiger partial charge in [0.15, 0.2) is 0 Å². The zero-order valence-electron chi connectivity index (χ0n) is 27.7. The van der Waals surface area contributed by atoms with Crippen LogP contribution in [0.25, 0.3) is 6.08 Å². The summed E-state index contributed by atoms with van der Waals surface area (Å²) in [7, 11) is -1.24. The zero-order chi connectivity index (χ0) is 24.1. The second kappa shape index (κ2) is 16.4. The second-order valence-electron chi connectivity index (χ2n) is 14.1. The van der Waals surface area contributed by atoms with Gasteiger partial charge in [-0.15, -0.1) is 0 Å². The van der Waals surface area contributed by atoms with Gasteiger partial charge in [0.25, 0.3) is 0 Å². The molecule has 4 saturated carbocycles. The first-order valence-corrected chi connectivity index (χ1v) is 22.1. The standard InChI is InChI=1S/C33H52Si2.4CH3.Zr/c1-5-6-10-23-15-17-26(20-23)34(3)35(4)33-22(2)19-30-31(33)21-25-12-9-14-28(25)32(30)29-18-16-24-11-7-8-13-27(24)29;;;;;/h7-8,11,13,16,18,22-23,25-26,28-35H,5-6,9-10,12,14-15,17,19-21H2,1-4H3;4*1H3;/q;4*-1;+4. The van der Waals surface area contributed by atoms with E-state index in [9.17, 15) is 0 Å². The molecule has 5 aliphatic carbocycles. The summed E-state index contributed by atoms with van der Waals surface area (Å²) < 4.78 is 0. The van der Waals surface area contributed by atoms with Gasteiger partial charge in [-0.25, -0.2) is 0 Å². The van der Waals surface area contributed by atoms with Crippen molar-refractivity contribution in [2.75, 3.05) is 0 Å². The third kappa shape index (κ3) is 6.98. The number of allylic oxidation sites excluding steroid dienone is 1. The van der Waals surface area contributed by atoms with Gasteiger partial charge in [-0.05, 0) is 77.4 Å². The van der Waals surface area contributed by atoms with Gasteiger partial charge in [0.05, 0.1) is 0 Å². The van der Waals surface area contributed by atoms with E-state index in [1.807, 2.05) is 0 Å². The van der Waals surface area contributed by atoms with Crippen LogP contribution in [0.4, 0.5) is 0 Å². The minimum atomic E-state index is -0.654. The van der Waals surface area contributed by atoms with Crippen molar-refractivity contribution < 1.29 is 26.2 Å². The van der Waals surface area contributed by atoms with Gasteiger partial charge >= 0.3 is 26.2 Å². The van der Waals surface area contributed by atoms with E-state index in [2.05, 4.69) is 63.4 Å². The minimum absolute atomic E-state index is 0. The number of fused-ring (bicyclic) bond motifs is 3. The molecule has 6 rings (SSSR count). The summed E-state index contributed by atoms with van der Waals surface area (Å²) in [5, 5.41) is 0. The fourth-order valence-electron chi connectivity index (χ4n) is 11.0. The van der Waals surface area contributed by atoms with Gasteiger partial charge in [-0.2, -0.15) is 0 Å². The fourth-order valence-corrected chi connectivity index (χ4v) is 24.2. The molecule has 12 atom stereocenters. The average molecular weight is 656 g/mol. The third-order valence-corrected chi connectivity index (χ3v) is 26.7. The van der Waals surface area contributed by atoms with Crippen LogP contribution in [0.3, 0.4) is 0 Å². The van der Waals surface area contributed by atoms with E-state index in [1.165, 1.54) is 48.7 Å². The molecule has 0 spiro atoms. The first kappa shape index (κ1) is 38.3. The van der Waals surface area contributed by atoms with Gasteiger partial charge in [0.2, 0.25) is 0 Å². The van der Waals surface area contributed by atoms with E-state index in [0.29, 0.717) is 0 Å². The molecule has 0 aliphatic heterocycles. The largest absolute Gasteiger partial charge is 4.00 e. The van der Waals surface area contributed by atoms with Crippen molar-refractivity contribution in [2.24, 2.45) is 41.4 Å². The first-order valence-electron chi connectivity index (χ1n) is 15.8. The number of hydrogen-bond acceptors (Lipinski definition) is 0. The van der Waals surface area contributed by atoms with Gasteiger partial charge < -0.3 is 29.7 Å².